The van der Waals surface area contributed by atoms with Crippen molar-refractivity contribution in [2.24, 2.45) is 0 Å². The highest BCUT2D eigenvalue weighted by molar-refractivity contribution is 6.32. The van der Waals surface area contributed by atoms with E-state index >= 15 is 0 Å². The van der Waals surface area contributed by atoms with Crippen molar-refractivity contribution in [2.45, 2.75) is 13.0 Å². The minimum atomic E-state index is -1.09. The summed E-state index contributed by atoms with van der Waals surface area (Å²) in [5, 5.41) is 20.2. The first-order chi connectivity index (χ1) is 14.0. The van der Waals surface area contributed by atoms with E-state index in [4.69, 9.17) is 32.7 Å². The number of fused-ring (bicyclic) bond motifs is 1. The molecule has 0 bridgehead atoms. The molecule has 0 amide bonds. The SMILES string of the molecule is COCOc1ccc(-n2nnc(C(O)c3c(Cl)ccc4cncn34)c2C)cc1Cl. The Bertz CT molecular complexity index is 1170. The van der Waals surface area contributed by atoms with Crippen molar-refractivity contribution in [1.29, 1.82) is 0 Å². The number of nitrogens with zero attached hydrogens (tertiary/aromatic N) is 5. The average molecular weight is 434 g/mol. The second-order valence-corrected chi connectivity index (χ2v) is 7.11. The lowest BCUT2D eigenvalue weighted by Gasteiger charge is -2.14. The number of benzene rings is 1. The van der Waals surface area contributed by atoms with E-state index in [2.05, 4.69) is 15.3 Å². The van der Waals surface area contributed by atoms with Crippen LogP contribution < -0.4 is 4.74 Å². The van der Waals surface area contributed by atoms with Crippen LogP contribution in [-0.4, -0.2) is 43.4 Å². The van der Waals surface area contributed by atoms with Gasteiger partial charge in [0.2, 0.25) is 0 Å². The minimum absolute atomic E-state index is 0.0956. The van der Waals surface area contributed by atoms with E-state index in [0.717, 1.165) is 5.52 Å². The van der Waals surface area contributed by atoms with E-state index in [0.29, 0.717) is 38.6 Å². The topological polar surface area (TPSA) is 86.7 Å². The lowest BCUT2D eigenvalue weighted by Crippen LogP contribution is -2.09. The number of pyridine rings is 1. The van der Waals surface area contributed by atoms with Crippen molar-refractivity contribution in [3.05, 3.63) is 70.0 Å². The minimum Gasteiger partial charge on any atom is -0.466 e. The number of ether oxygens (including phenoxy) is 2. The lowest BCUT2D eigenvalue weighted by molar-refractivity contribution is 0.0512. The predicted molar refractivity (Wildman–Crippen MR) is 108 cm³/mol. The van der Waals surface area contributed by atoms with Crippen LogP contribution in [0.2, 0.25) is 10.0 Å². The van der Waals surface area contributed by atoms with Crippen molar-refractivity contribution in [2.75, 3.05) is 13.9 Å². The molecule has 1 aromatic carbocycles. The first kappa shape index (κ1) is 19.7. The van der Waals surface area contributed by atoms with Crippen LogP contribution in [0.5, 0.6) is 5.75 Å². The monoisotopic (exact) mass is 433 g/mol. The molecule has 1 atom stereocenters. The molecule has 0 aliphatic carbocycles. The van der Waals surface area contributed by atoms with Gasteiger partial charge in [-0.05, 0) is 37.3 Å². The summed E-state index contributed by atoms with van der Waals surface area (Å²) in [5.41, 5.74) is 2.98. The lowest BCUT2D eigenvalue weighted by atomic mass is 10.1. The maximum atomic E-state index is 11.0. The number of aromatic nitrogens is 5. The van der Waals surface area contributed by atoms with Gasteiger partial charge in [-0.2, -0.15) is 0 Å². The highest BCUT2D eigenvalue weighted by Gasteiger charge is 2.24. The van der Waals surface area contributed by atoms with Crippen LogP contribution in [0.1, 0.15) is 23.2 Å². The van der Waals surface area contributed by atoms with Crippen molar-refractivity contribution in [3.8, 4) is 11.4 Å². The number of imidazole rings is 1. The largest absolute Gasteiger partial charge is 0.466 e. The highest BCUT2D eigenvalue weighted by atomic mass is 35.5. The Morgan fingerprint density at radius 1 is 1.17 bits per heavy atom. The smallest absolute Gasteiger partial charge is 0.188 e. The van der Waals surface area contributed by atoms with E-state index in [1.54, 1.807) is 45.9 Å². The van der Waals surface area contributed by atoms with E-state index in [9.17, 15) is 5.11 Å². The van der Waals surface area contributed by atoms with E-state index in [-0.39, 0.29) is 6.79 Å². The third-order valence-electron chi connectivity index (χ3n) is 4.51. The van der Waals surface area contributed by atoms with Crippen LogP contribution in [0.3, 0.4) is 0 Å². The molecule has 150 valence electrons. The van der Waals surface area contributed by atoms with Crippen molar-refractivity contribution >= 4 is 28.7 Å². The molecule has 1 unspecified atom stereocenters. The van der Waals surface area contributed by atoms with Crippen LogP contribution in [-0.2, 0) is 4.74 Å². The summed E-state index contributed by atoms with van der Waals surface area (Å²) in [6.07, 6.45) is 2.19. The number of hydrogen-bond acceptors (Lipinski definition) is 6. The molecular formula is C19H17Cl2N5O3. The zero-order chi connectivity index (χ0) is 20.5. The summed E-state index contributed by atoms with van der Waals surface area (Å²) in [5.74, 6) is 0.494. The van der Waals surface area contributed by atoms with E-state index in [1.165, 1.54) is 7.11 Å². The van der Waals surface area contributed by atoms with Gasteiger partial charge in [-0.15, -0.1) is 5.10 Å². The number of halogens is 2. The summed E-state index contributed by atoms with van der Waals surface area (Å²) >= 11 is 12.6. The first-order valence-corrected chi connectivity index (χ1v) is 9.39. The maximum absolute atomic E-state index is 11.0. The Balaban J connectivity index is 1.71. The van der Waals surface area contributed by atoms with Gasteiger partial charge >= 0.3 is 0 Å². The molecule has 0 spiro atoms. The van der Waals surface area contributed by atoms with Gasteiger partial charge < -0.3 is 14.6 Å². The quantitative estimate of drug-likeness (QED) is 0.467. The summed E-state index contributed by atoms with van der Waals surface area (Å²) in [6, 6.07) is 8.75. The van der Waals surface area contributed by atoms with Crippen LogP contribution in [0.25, 0.3) is 11.2 Å². The molecular weight excluding hydrogens is 417 g/mol. The fraction of sp³-hybridized carbons (Fsp3) is 0.211. The van der Waals surface area contributed by atoms with Gasteiger partial charge in [-0.1, -0.05) is 28.4 Å². The molecule has 10 heteroatoms. The Hall–Kier alpha value is -2.65. The van der Waals surface area contributed by atoms with Gasteiger partial charge in [-0.3, -0.25) is 4.40 Å². The number of methoxy groups -OCH3 is 1. The molecule has 3 aromatic heterocycles. The molecule has 29 heavy (non-hydrogen) atoms. The molecule has 0 aliphatic heterocycles. The zero-order valence-corrected chi connectivity index (χ0v) is 17.1. The number of aliphatic hydroxyl groups excluding tert-OH is 1. The molecule has 4 rings (SSSR count). The van der Waals surface area contributed by atoms with Crippen molar-refractivity contribution in [1.82, 2.24) is 24.4 Å². The van der Waals surface area contributed by atoms with Gasteiger partial charge in [-0.25, -0.2) is 9.67 Å². The Morgan fingerprint density at radius 3 is 2.76 bits per heavy atom. The van der Waals surface area contributed by atoms with Crippen LogP contribution in [0.15, 0.2) is 42.9 Å². The number of hydrogen-bond donors (Lipinski definition) is 1. The normalized spacial score (nSPS) is 12.4. The second kappa shape index (κ2) is 8.00. The maximum Gasteiger partial charge on any atom is 0.188 e. The Morgan fingerprint density at radius 2 is 2.00 bits per heavy atom. The summed E-state index contributed by atoms with van der Waals surface area (Å²) < 4.78 is 13.6. The third-order valence-corrected chi connectivity index (χ3v) is 5.13. The predicted octanol–water partition coefficient (Wildman–Crippen LogP) is 3.59. The molecule has 0 fully saturated rings. The molecule has 0 aliphatic rings. The fourth-order valence-corrected chi connectivity index (χ4v) is 3.57. The highest BCUT2D eigenvalue weighted by Crippen LogP contribution is 2.32. The average Bonchev–Trinajstić information content (AvgIpc) is 3.33. The molecule has 3 heterocycles. The van der Waals surface area contributed by atoms with Crippen LogP contribution in [0, 0.1) is 6.92 Å². The fourth-order valence-electron chi connectivity index (χ4n) is 3.08. The zero-order valence-electron chi connectivity index (χ0n) is 15.6. The molecule has 0 saturated carbocycles. The van der Waals surface area contributed by atoms with E-state index < -0.39 is 6.10 Å². The molecule has 8 nitrogen and oxygen atoms in total. The van der Waals surface area contributed by atoms with Gasteiger partial charge in [0.1, 0.15) is 17.5 Å². The first-order valence-electron chi connectivity index (χ1n) is 8.63. The summed E-state index contributed by atoms with van der Waals surface area (Å²) in [7, 11) is 1.53. The van der Waals surface area contributed by atoms with Crippen molar-refractivity contribution < 1.29 is 14.6 Å². The van der Waals surface area contributed by atoms with Gasteiger partial charge in [0, 0.05) is 7.11 Å². The van der Waals surface area contributed by atoms with Gasteiger partial charge in [0.05, 0.1) is 45.2 Å². The van der Waals surface area contributed by atoms with Crippen molar-refractivity contribution in [3.63, 3.8) is 0 Å². The number of aliphatic hydroxyl groups is 1. The standard InChI is InChI=1S/C19H17Cl2N5O3/c1-11-17(19(27)18-14(20)5-3-13-8-22-9-25(13)18)23-24-26(11)12-4-6-16(15(21)7-12)29-10-28-2/h3-9,19,27H,10H2,1-2H3. The van der Waals surface area contributed by atoms with Crippen LogP contribution >= 0.6 is 23.2 Å². The Labute approximate surface area is 176 Å². The number of rotatable bonds is 6. The summed E-state index contributed by atoms with van der Waals surface area (Å²) in [4.78, 5) is 4.11. The molecule has 4 aromatic rings. The van der Waals surface area contributed by atoms with Crippen LogP contribution in [0.4, 0.5) is 0 Å². The second-order valence-electron chi connectivity index (χ2n) is 6.30. The van der Waals surface area contributed by atoms with E-state index in [1.807, 2.05) is 13.0 Å². The Kier molecular flexibility index (Phi) is 5.42. The van der Waals surface area contributed by atoms with Gasteiger partial charge in [0.25, 0.3) is 0 Å². The molecule has 0 radical (unpaired) electrons. The van der Waals surface area contributed by atoms with Gasteiger partial charge in [0.15, 0.2) is 6.79 Å². The molecule has 1 N–H and O–H groups in total. The summed E-state index contributed by atoms with van der Waals surface area (Å²) in [6.45, 7) is 1.90. The third kappa shape index (κ3) is 3.56. The molecule has 0 saturated heterocycles.